The fourth-order valence-corrected chi connectivity index (χ4v) is 3.06. The first-order valence-corrected chi connectivity index (χ1v) is 8.83. The number of hydrogen-bond acceptors (Lipinski definition) is 5. The average Bonchev–Trinajstić information content (AvgIpc) is 2.81. The van der Waals surface area contributed by atoms with Crippen LogP contribution >= 0.6 is 0 Å². The van der Waals surface area contributed by atoms with Gasteiger partial charge in [0.25, 0.3) is 10.0 Å². The second-order valence-corrected chi connectivity index (χ2v) is 6.79. The van der Waals surface area contributed by atoms with E-state index in [1.807, 2.05) is 25.8 Å². The molecule has 1 rings (SSSR count). The molecule has 1 aromatic rings. The van der Waals surface area contributed by atoms with Crippen LogP contribution in [0.1, 0.15) is 31.5 Å². The van der Waals surface area contributed by atoms with Crippen LogP contribution in [0.3, 0.4) is 0 Å². The average molecular weight is 317 g/mol. The first-order chi connectivity index (χ1) is 9.92. The molecule has 0 radical (unpaired) electrons. The minimum absolute atomic E-state index is 0.0998. The van der Waals surface area contributed by atoms with Gasteiger partial charge in [-0.3, -0.25) is 5.10 Å². The molecule has 0 unspecified atom stereocenters. The molecule has 0 aliphatic heterocycles. The molecule has 21 heavy (non-hydrogen) atoms. The highest BCUT2D eigenvalue weighted by Gasteiger charge is 2.23. The van der Waals surface area contributed by atoms with Crippen LogP contribution in [0.2, 0.25) is 0 Å². The molecular formula is C13H27N5O2S. The van der Waals surface area contributed by atoms with E-state index in [1.165, 1.54) is 0 Å². The lowest BCUT2D eigenvalue weighted by Crippen LogP contribution is -2.33. The van der Waals surface area contributed by atoms with E-state index in [9.17, 15) is 8.42 Å². The second kappa shape index (κ2) is 8.47. The van der Waals surface area contributed by atoms with Crippen molar-refractivity contribution in [2.45, 2.75) is 38.8 Å². The van der Waals surface area contributed by atoms with Crippen LogP contribution in [0.25, 0.3) is 0 Å². The van der Waals surface area contributed by atoms with E-state index in [1.54, 1.807) is 0 Å². The number of sulfonamides is 1. The van der Waals surface area contributed by atoms with Crippen LogP contribution in [0.4, 0.5) is 0 Å². The summed E-state index contributed by atoms with van der Waals surface area (Å²) in [5, 5.41) is 10.0. The van der Waals surface area contributed by atoms with Crippen molar-refractivity contribution in [3.05, 3.63) is 11.3 Å². The summed E-state index contributed by atoms with van der Waals surface area (Å²) in [6.07, 6.45) is 1.00. The van der Waals surface area contributed by atoms with E-state index in [2.05, 4.69) is 27.2 Å². The molecular weight excluding hydrogens is 290 g/mol. The van der Waals surface area contributed by atoms with E-state index in [4.69, 9.17) is 0 Å². The van der Waals surface area contributed by atoms with Crippen molar-refractivity contribution in [3.8, 4) is 0 Å². The van der Waals surface area contributed by atoms with Crippen molar-refractivity contribution in [1.82, 2.24) is 25.1 Å². The van der Waals surface area contributed by atoms with Gasteiger partial charge in [0, 0.05) is 30.9 Å². The van der Waals surface area contributed by atoms with Gasteiger partial charge in [-0.05, 0) is 33.5 Å². The SMILES string of the molecule is CCCNCc1c(S(=O)(=O)NCCN(C)CC)n[nH]c1C. The highest BCUT2D eigenvalue weighted by Crippen LogP contribution is 2.15. The molecule has 0 atom stereocenters. The molecule has 0 aliphatic carbocycles. The van der Waals surface area contributed by atoms with Gasteiger partial charge in [0.2, 0.25) is 0 Å². The maximum atomic E-state index is 12.3. The summed E-state index contributed by atoms with van der Waals surface area (Å²) in [5.74, 6) is 0. The number of likely N-dealkylation sites (N-methyl/N-ethyl adjacent to an activating group) is 1. The third kappa shape index (κ3) is 5.39. The standard InChI is InChI=1S/C13H27N5O2S/c1-5-7-14-10-12-11(3)16-17-13(12)21(19,20)15-8-9-18(4)6-2/h14-15H,5-10H2,1-4H3,(H,16,17). The molecule has 1 aromatic heterocycles. The summed E-state index contributed by atoms with van der Waals surface area (Å²) in [4.78, 5) is 2.04. The van der Waals surface area contributed by atoms with Crippen LogP contribution in [0, 0.1) is 6.92 Å². The van der Waals surface area contributed by atoms with Crippen molar-refractivity contribution < 1.29 is 8.42 Å². The molecule has 0 amide bonds. The zero-order valence-corrected chi connectivity index (χ0v) is 14.2. The largest absolute Gasteiger partial charge is 0.313 e. The Morgan fingerprint density at radius 3 is 2.62 bits per heavy atom. The molecule has 0 saturated heterocycles. The summed E-state index contributed by atoms with van der Waals surface area (Å²) in [6.45, 7) is 9.21. The van der Waals surface area contributed by atoms with Gasteiger partial charge >= 0.3 is 0 Å². The van der Waals surface area contributed by atoms with Gasteiger partial charge < -0.3 is 10.2 Å². The van der Waals surface area contributed by atoms with Gasteiger partial charge in [-0.2, -0.15) is 5.10 Å². The zero-order valence-electron chi connectivity index (χ0n) is 13.4. The lowest BCUT2D eigenvalue weighted by molar-refractivity contribution is 0.358. The van der Waals surface area contributed by atoms with E-state index >= 15 is 0 Å². The summed E-state index contributed by atoms with van der Waals surface area (Å²) >= 11 is 0. The Kier molecular flexibility index (Phi) is 7.30. The predicted octanol–water partition coefficient (Wildman–Crippen LogP) is 0.448. The maximum absolute atomic E-state index is 12.3. The summed E-state index contributed by atoms with van der Waals surface area (Å²) in [6, 6.07) is 0. The highest BCUT2D eigenvalue weighted by molar-refractivity contribution is 7.89. The van der Waals surface area contributed by atoms with Crippen LogP contribution in [-0.2, 0) is 16.6 Å². The number of aromatic amines is 1. The van der Waals surface area contributed by atoms with Crippen molar-refractivity contribution in [3.63, 3.8) is 0 Å². The topological polar surface area (TPSA) is 90.1 Å². The molecule has 1 heterocycles. The van der Waals surface area contributed by atoms with Gasteiger partial charge in [-0.1, -0.05) is 13.8 Å². The molecule has 8 heteroatoms. The molecule has 0 aromatic carbocycles. The molecule has 0 fully saturated rings. The van der Waals surface area contributed by atoms with Crippen molar-refractivity contribution >= 4 is 10.0 Å². The first-order valence-electron chi connectivity index (χ1n) is 7.35. The van der Waals surface area contributed by atoms with Crippen molar-refractivity contribution in [1.29, 1.82) is 0 Å². The van der Waals surface area contributed by atoms with E-state index in [0.717, 1.165) is 25.2 Å². The Balaban J connectivity index is 2.74. The van der Waals surface area contributed by atoms with Gasteiger partial charge in [-0.25, -0.2) is 13.1 Å². The van der Waals surface area contributed by atoms with Gasteiger partial charge in [-0.15, -0.1) is 0 Å². The summed E-state index contributed by atoms with van der Waals surface area (Å²) in [5.41, 5.74) is 1.49. The molecule has 0 bridgehead atoms. The second-order valence-electron chi connectivity index (χ2n) is 5.10. The number of aromatic nitrogens is 2. The van der Waals surface area contributed by atoms with E-state index in [0.29, 0.717) is 25.2 Å². The molecule has 0 saturated carbocycles. The highest BCUT2D eigenvalue weighted by atomic mass is 32.2. The monoisotopic (exact) mass is 317 g/mol. The van der Waals surface area contributed by atoms with Crippen LogP contribution in [-0.4, -0.2) is 56.7 Å². The molecule has 7 nitrogen and oxygen atoms in total. The minimum Gasteiger partial charge on any atom is -0.313 e. The Morgan fingerprint density at radius 1 is 1.29 bits per heavy atom. The predicted molar refractivity (Wildman–Crippen MR) is 83.7 cm³/mol. The van der Waals surface area contributed by atoms with E-state index in [-0.39, 0.29) is 5.03 Å². The van der Waals surface area contributed by atoms with E-state index < -0.39 is 10.0 Å². The summed E-state index contributed by atoms with van der Waals surface area (Å²) < 4.78 is 27.3. The molecule has 122 valence electrons. The van der Waals surface area contributed by atoms with Crippen LogP contribution in [0.5, 0.6) is 0 Å². The minimum atomic E-state index is -3.57. The van der Waals surface area contributed by atoms with Gasteiger partial charge in [0.15, 0.2) is 5.03 Å². The number of rotatable bonds is 10. The maximum Gasteiger partial charge on any atom is 0.260 e. The third-order valence-electron chi connectivity index (χ3n) is 3.34. The van der Waals surface area contributed by atoms with Crippen LogP contribution < -0.4 is 10.0 Å². The molecule has 0 spiro atoms. The number of aryl methyl sites for hydroxylation is 1. The fourth-order valence-electron chi connectivity index (χ4n) is 1.85. The normalized spacial score (nSPS) is 12.2. The number of nitrogens with one attached hydrogen (secondary N) is 3. The van der Waals surface area contributed by atoms with Gasteiger partial charge in [0.1, 0.15) is 0 Å². The lowest BCUT2D eigenvalue weighted by Gasteiger charge is -2.14. The number of nitrogens with zero attached hydrogens (tertiary/aromatic N) is 2. The molecule has 0 aliphatic rings. The Morgan fingerprint density at radius 2 is 2.00 bits per heavy atom. The Labute approximate surface area is 127 Å². The number of H-pyrrole nitrogens is 1. The van der Waals surface area contributed by atoms with Crippen molar-refractivity contribution in [2.75, 3.05) is 33.2 Å². The summed E-state index contributed by atoms with van der Waals surface area (Å²) in [7, 11) is -1.62. The molecule has 3 N–H and O–H groups in total. The quantitative estimate of drug-likeness (QED) is 0.545. The van der Waals surface area contributed by atoms with Gasteiger partial charge in [0.05, 0.1) is 0 Å². The first kappa shape index (κ1) is 18.1. The zero-order chi connectivity index (χ0) is 15.9. The lowest BCUT2D eigenvalue weighted by atomic mass is 10.2. The Hall–Kier alpha value is -0.960. The third-order valence-corrected chi connectivity index (χ3v) is 4.78. The Bertz CT molecular complexity index is 527. The van der Waals surface area contributed by atoms with Crippen LogP contribution in [0.15, 0.2) is 5.03 Å². The van der Waals surface area contributed by atoms with Crippen molar-refractivity contribution in [2.24, 2.45) is 0 Å². The smallest absolute Gasteiger partial charge is 0.260 e. The number of hydrogen-bond donors (Lipinski definition) is 3. The fraction of sp³-hybridized carbons (Fsp3) is 0.769.